The summed E-state index contributed by atoms with van der Waals surface area (Å²) in [5, 5.41) is 10.1. The van der Waals surface area contributed by atoms with Crippen molar-refractivity contribution in [2.24, 2.45) is 12.5 Å². The van der Waals surface area contributed by atoms with Crippen molar-refractivity contribution in [1.82, 2.24) is 14.5 Å². The van der Waals surface area contributed by atoms with E-state index < -0.39 is 6.10 Å². The molecule has 1 fully saturated rings. The Morgan fingerprint density at radius 2 is 2.32 bits per heavy atom. The fourth-order valence-corrected chi connectivity index (χ4v) is 2.72. The van der Waals surface area contributed by atoms with Gasteiger partial charge >= 0.3 is 0 Å². The Labute approximate surface area is 114 Å². The monoisotopic (exact) mass is 265 g/mol. The van der Waals surface area contributed by atoms with Crippen molar-refractivity contribution in [2.45, 2.75) is 39.2 Å². The van der Waals surface area contributed by atoms with E-state index in [9.17, 15) is 9.90 Å². The Balaban J connectivity index is 1.96. The van der Waals surface area contributed by atoms with E-state index in [1.54, 1.807) is 17.0 Å². The van der Waals surface area contributed by atoms with E-state index in [4.69, 9.17) is 0 Å². The average molecular weight is 265 g/mol. The van der Waals surface area contributed by atoms with E-state index in [1.165, 1.54) is 0 Å². The molecule has 2 heterocycles. The van der Waals surface area contributed by atoms with Crippen molar-refractivity contribution < 1.29 is 9.90 Å². The number of carbonyl (C=O) groups excluding carboxylic acids is 1. The smallest absolute Gasteiger partial charge is 0.225 e. The van der Waals surface area contributed by atoms with Gasteiger partial charge in [0.15, 0.2) is 0 Å². The van der Waals surface area contributed by atoms with Gasteiger partial charge in [-0.1, -0.05) is 13.8 Å². The molecule has 5 heteroatoms. The van der Waals surface area contributed by atoms with Crippen LogP contribution in [0.2, 0.25) is 0 Å². The van der Waals surface area contributed by atoms with Gasteiger partial charge in [0.1, 0.15) is 11.9 Å². The molecule has 0 radical (unpaired) electrons. The van der Waals surface area contributed by atoms with Crippen LogP contribution in [0.1, 0.15) is 45.0 Å². The van der Waals surface area contributed by atoms with E-state index in [-0.39, 0.29) is 17.7 Å². The van der Waals surface area contributed by atoms with Crippen LogP contribution in [0.3, 0.4) is 0 Å². The summed E-state index contributed by atoms with van der Waals surface area (Å²) in [6.45, 7) is 5.94. The topological polar surface area (TPSA) is 58.4 Å². The van der Waals surface area contributed by atoms with Crippen molar-refractivity contribution >= 4 is 5.91 Å². The molecule has 1 atom stereocenters. The molecular weight excluding hydrogens is 242 g/mol. The highest BCUT2D eigenvalue weighted by molar-refractivity contribution is 5.77. The Bertz CT molecular complexity index is 453. The predicted molar refractivity (Wildman–Crippen MR) is 72.4 cm³/mol. The second-order valence-electron chi connectivity index (χ2n) is 6.20. The summed E-state index contributed by atoms with van der Waals surface area (Å²) in [4.78, 5) is 18.2. The quantitative estimate of drug-likeness (QED) is 0.901. The fraction of sp³-hybridized carbons (Fsp3) is 0.714. The van der Waals surface area contributed by atoms with Crippen molar-refractivity contribution in [2.75, 3.05) is 13.1 Å². The summed E-state index contributed by atoms with van der Waals surface area (Å²) in [5.74, 6) is 0.563. The predicted octanol–water partition coefficient (Wildman–Crippen LogP) is 1.49. The maximum atomic E-state index is 12.2. The molecule has 1 aliphatic rings. The van der Waals surface area contributed by atoms with Crippen LogP contribution in [0.5, 0.6) is 0 Å². The Morgan fingerprint density at radius 3 is 2.89 bits per heavy atom. The van der Waals surface area contributed by atoms with Crippen LogP contribution in [0.4, 0.5) is 0 Å². The molecule has 0 spiro atoms. The zero-order chi connectivity index (χ0) is 14.0. The molecule has 1 aliphatic heterocycles. The fourth-order valence-electron chi connectivity index (χ4n) is 2.72. The summed E-state index contributed by atoms with van der Waals surface area (Å²) in [5.41, 5.74) is 0.183. The Hall–Kier alpha value is -1.36. The first-order valence-electron chi connectivity index (χ1n) is 6.82. The summed E-state index contributed by atoms with van der Waals surface area (Å²) in [7, 11) is 1.82. The van der Waals surface area contributed by atoms with Crippen LogP contribution in [0.15, 0.2) is 12.4 Å². The minimum Gasteiger partial charge on any atom is -0.385 e. The highest BCUT2D eigenvalue weighted by Gasteiger charge is 2.30. The van der Waals surface area contributed by atoms with E-state index in [0.717, 1.165) is 25.9 Å². The van der Waals surface area contributed by atoms with Gasteiger partial charge in [-0.3, -0.25) is 4.79 Å². The minimum atomic E-state index is -0.822. The van der Waals surface area contributed by atoms with Crippen molar-refractivity contribution in [1.29, 1.82) is 0 Å². The first-order chi connectivity index (χ1) is 8.89. The number of aliphatic hydroxyl groups excluding tert-OH is 1. The molecule has 2 rings (SSSR count). The lowest BCUT2D eigenvalue weighted by Crippen LogP contribution is -2.44. The first kappa shape index (κ1) is 14.1. The summed E-state index contributed by atoms with van der Waals surface area (Å²) in [6, 6.07) is 0. The van der Waals surface area contributed by atoms with Crippen molar-refractivity contribution in [3.63, 3.8) is 0 Å². The number of imidazole rings is 1. The van der Waals surface area contributed by atoms with Crippen molar-refractivity contribution in [3.8, 4) is 0 Å². The third-order valence-electron chi connectivity index (χ3n) is 3.78. The molecule has 1 unspecified atom stereocenters. The molecule has 0 aliphatic carbocycles. The number of aromatic nitrogens is 2. The number of rotatable bonds is 3. The van der Waals surface area contributed by atoms with Gasteiger partial charge in [0.2, 0.25) is 5.91 Å². The summed E-state index contributed by atoms with van der Waals surface area (Å²) < 4.78 is 1.75. The molecule has 0 saturated carbocycles. The van der Waals surface area contributed by atoms with Gasteiger partial charge in [-0.2, -0.15) is 0 Å². The lowest BCUT2D eigenvalue weighted by Gasteiger charge is -2.38. The highest BCUT2D eigenvalue weighted by atomic mass is 16.3. The van der Waals surface area contributed by atoms with Crippen LogP contribution in [0.25, 0.3) is 0 Å². The number of hydrogen-bond acceptors (Lipinski definition) is 3. The average Bonchev–Trinajstić information content (AvgIpc) is 2.74. The number of piperidine rings is 1. The standard InChI is InChI=1S/C14H23N3O2/c1-14(2)5-4-7-17(10-14)12(19)9-11(18)13-15-6-8-16(13)3/h6,8,11,18H,4-5,7,9-10H2,1-3H3. The molecule has 1 aromatic heterocycles. The third-order valence-corrected chi connectivity index (χ3v) is 3.78. The molecule has 1 aromatic rings. The largest absolute Gasteiger partial charge is 0.385 e. The van der Waals surface area contributed by atoms with Crippen molar-refractivity contribution in [3.05, 3.63) is 18.2 Å². The normalized spacial score (nSPS) is 20.3. The van der Waals surface area contributed by atoms with Crippen LogP contribution < -0.4 is 0 Å². The van der Waals surface area contributed by atoms with Gasteiger partial charge in [0.25, 0.3) is 0 Å². The Morgan fingerprint density at radius 1 is 1.58 bits per heavy atom. The van der Waals surface area contributed by atoms with Gasteiger partial charge in [0.05, 0.1) is 6.42 Å². The molecule has 19 heavy (non-hydrogen) atoms. The van der Waals surface area contributed by atoms with Gasteiger partial charge in [0, 0.05) is 32.5 Å². The maximum Gasteiger partial charge on any atom is 0.225 e. The number of nitrogens with zero attached hydrogens (tertiary/aromatic N) is 3. The number of carbonyl (C=O) groups is 1. The van der Waals surface area contributed by atoms with E-state index >= 15 is 0 Å². The van der Waals surface area contributed by atoms with Gasteiger partial charge in [-0.15, -0.1) is 0 Å². The lowest BCUT2D eigenvalue weighted by atomic mass is 9.84. The SMILES string of the molecule is Cn1ccnc1C(O)CC(=O)N1CCCC(C)(C)C1. The number of aryl methyl sites for hydroxylation is 1. The molecule has 5 nitrogen and oxygen atoms in total. The molecule has 1 saturated heterocycles. The Kier molecular flexibility index (Phi) is 3.94. The molecule has 106 valence electrons. The number of aliphatic hydroxyl groups is 1. The van der Waals surface area contributed by atoms with Gasteiger partial charge in [-0.25, -0.2) is 4.98 Å². The minimum absolute atomic E-state index is 0.0169. The molecule has 0 aromatic carbocycles. The number of hydrogen-bond donors (Lipinski definition) is 1. The summed E-state index contributed by atoms with van der Waals surface area (Å²) >= 11 is 0. The molecule has 1 amide bonds. The third kappa shape index (κ3) is 3.35. The van der Waals surface area contributed by atoms with E-state index in [1.807, 2.05) is 11.9 Å². The van der Waals surface area contributed by atoms with Crippen LogP contribution in [-0.4, -0.2) is 38.6 Å². The maximum absolute atomic E-state index is 12.2. The highest BCUT2D eigenvalue weighted by Crippen LogP contribution is 2.29. The van der Waals surface area contributed by atoms with E-state index in [2.05, 4.69) is 18.8 Å². The number of amides is 1. The zero-order valence-corrected chi connectivity index (χ0v) is 12.0. The van der Waals surface area contributed by atoms with Gasteiger partial charge in [-0.05, 0) is 18.3 Å². The van der Waals surface area contributed by atoms with Crippen LogP contribution in [0, 0.1) is 5.41 Å². The second-order valence-corrected chi connectivity index (χ2v) is 6.20. The molecular formula is C14H23N3O2. The molecule has 1 N–H and O–H groups in total. The van der Waals surface area contributed by atoms with Crippen LogP contribution in [-0.2, 0) is 11.8 Å². The van der Waals surface area contributed by atoms with Gasteiger partial charge < -0.3 is 14.6 Å². The molecule has 0 bridgehead atoms. The first-order valence-corrected chi connectivity index (χ1v) is 6.82. The lowest BCUT2D eigenvalue weighted by molar-refractivity contribution is -0.136. The second kappa shape index (κ2) is 5.33. The summed E-state index contributed by atoms with van der Waals surface area (Å²) in [6.07, 6.45) is 4.88. The zero-order valence-electron chi connectivity index (χ0n) is 12.0. The van der Waals surface area contributed by atoms with Crippen LogP contribution >= 0.6 is 0 Å². The van der Waals surface area contributed by atoms with E-state index in [0.29, 0.717) is 5.82 Å². The number of likely N-dealkylation sites (tertiary alicyclic amines) is 1.